The maximum absolute atomic E-state index is 6.29. The van der Waals surface area contributed by atoms with Crippen LogP contribution in [-0.4, -0.2) is 15.2 Å². The Hall–Kier alpha value is -0.500. The normalized spacial score (nSPS) is 20.5. The van der Waals surface area contributed by atoms with Crippen LogP contribution in [0.25, 0.3) is 0 Å². The summed E-state index contributed by atoms with van der Waals surface area (Å²) in [6.07, 6.45) is 8.45. The molecule has 1 aromatic rings. The fourth-order valence-electron chi connectivity index (χ4n) is 3.03. The number of halogens is 1. The Morgan fingerprint density at radius 3 is 2.56 bits per heavy atom. The molecule has 2 unspecified atom stereocenters. The average Bonchev–Trinajstić information content (AvgIpc) is 2.95. The highest BCUT2D eigenvalue weighted by Gasteiger charge is 2.22. The molecular weight excluding hydrogens is 244 g/mol. The molecule has 0 amide bonds. The highest BCUT2D eigenvalue weighted by Crippen LogP contribution is 2.29. The Morgan fingerprint density at radius 1 is 1.33 bits per heavy atom. The van der Waals surface area contributed by atoms with Crippen molar-refractivity contribution in [2.24, 2.45) is 11.8 Å². The number of hydrogen-bond acceptors (Lipinski definition) is 1. The molecule has 2 rings (SSSR count). The first-order chi connectivity index (χ1) is 8.58. The standard InChI is InChI=1S/C15H25ClN2/c1-11(2)15(12(3)16)10-13-8-9-18(17-13)14-6-4-5-7-14/h8-9,11-12,14-15H,4-7,10H2,1-3H3. The van der Waals surface area contributed by atoms with Gasteiger partial charge in [-0.3, -0.25) is 4.68 Å². The SMILES string of the molecule is CC(C)C(Cc1ccn(C2CCCC2)n1)C(C)Cl. The van der Waals surface area contributed by atoms with Gasteiger partial charge in [-0.15, -0.1) is 11.6 Å². The van der Waals surface area contributed by atoms with Crippen LogP contribution in [0.3, 0.4) is 0 Å². The molecule has 1 aromatic heterocycles. The van der Waals surface area contributed by atoms with Crippen molar-refractivity contribution in [3.63, 3.8) is 0 Å². The van der Waals surface area contributed by atoms with E-state index in [4.69, 9.17) is 16.7 Å². The first-order valence-corrected chi connectivity index (χ1v) is 7.69. The van der Waals surface area contributed by atoms with Crippen molar-refractivity contribution < 1.29 is 0 Å². The van der Waals surface area contributed by atoms with Crippen molar-refractivity contribution in [3.8, 4) is 0 Å². The summed E-state index contributed by atoms with van der Waals surface area (Å²) in [5, 5.41) is 4.96. The van der Waals surface area contributed by atoms with Crippen LogP contribution in [-0.2, 0) is 6.42 Å². The number of nitrogens with zero attached hydrogens (tertiary/aromatic N) is 2. The molecule has 0 spiro atoms. The predicted octanol–water partition coefficient (Wildman–Crippen LogP) is 4.44. The van der Waals surface area contributed by atoms with Gasteiger partial charge in [0.2, 0.25) is 0 Å². The van der Waals surface area contributed by atoms with E-state index in [1.54, 1.807) is 0 Å². The van der Waals surface area contributed by atoms with E-state index in [0.29, 0.717) is 17.9 Å². The van der Waals surface area contributed by atoms with Crippen molar-refractivity contribution in [1.29, 1.82) is 0 Å². The van der Waals surface area contributed by atoms with Crippen molar-refractivity contribution in [3.05, 3.63) is 18.0 Å². The number of aromatic nitrogens is 2. The molecule has 18 heavy (non-hydrogen) atoms. The van der Waals surface area contributed by atoms with E-state index in [-0.39, 0.29) is 5.38 Å². The lowest BCUT2D eigenvalue weighted by atomic mass is 9.89. The van der Waals surface area contributed by atoms with Crippen LogP contribution in [0.5, 0.6) is 0 Å². The van der Waals surface area contributed by atoms with Gasteiger partial charge in [-0.2, -0.15) is 5.10 Å². The average molecular weight is 269 g/mol. The second-order valence-electron chi connectivity index (χ2n) is 6.01. The van der Waals surface area contributed by atoms with Crippen LogP contribution in [0.2, 0.25) is 0 Å². The number of rotatable bonds is 5. The minimum absolute atomic E-state index is 0.210. The molecule has 1 fully saturated rings. The van der Waals surface area contributed by atoms with Gasteiger partial charge in [0.05, 0.1) is 11.7 Å². The third-order valence-corrected chi connectivity index (χ3v) is 4.58. The van der Waals surface area contributed by atoms with Crippen molar-refractivity contribution in [2.45, 2.75) is 64.3 Å². The Morgan fingerprint density at radius 2 is 2.00 bits per heavy atom. The molecule has 2 nitrogen and oxygen atoms in total. The molecular formula is C15H25ClN2. The number of hydrogen-bond donors (Lipinski definition) is 0. The zero-order chi connectivity index (χ0) is 13.1. The molecule has 102 valence electrons. The summed E-state index contributed by atoms with van der Waals surface area (Å²) in [6, 6.07) is 2.82. The summed E-state index contributed by atoms with van der Waals surface area (Å²) >= 11 is 6.29. The molecule has 2 atom stereocenters. The summed E-state index contributed by atoms with van der Waals surface area (Å²) < 4.78 is 2.18. The molecule has 0 aromatic carbocycles. The molecule has 1 aliphatic carbocycles. The van der Waals surface area contributed by atoms with E-state index in [1.165, 1.54) is 31.4 Å². The molecule has 1 aliphatic rings. The highest BCUT2D eigenvalue weighted by molar-refractivity contribution is 6.20. The highest BCUT2D eigenvalue weighted by atomic mass is 35.5. The Kier molecular flexibility index (Phi) is 4.71. The molecule has 1 saturated carbocycles. The monoisotopic (exact) mass is 268 g/mol. The third kappa shape index (κ3) is 3.28. The topological polar surface area (TPSA) is 17.8 Å². The smallest absolute Gasteiger partial charge is 0.0628 e. The maximum atomic E-state index is 6.29. The van der Waals surface area contributed by atoms with Gasteiger partial charge in [0.25, 0.3) is 0 Å². The van der Waals surface area contributed by atoms with Crippen LogP contribution >= 0.6 is 11.6 Å². The van der Waals surface area contributed by atoms with Crippen molar-refractivity contribution >= 4 is 11.6 Å². The van der Waals surface area contributed by atoms with Gasteiger partial charge >= 0.3 is 0 Å². The first-order valence-electron chi connectivity index (χ1n) is 7.26. The lowest BCUT2D eigenvalue weighted by Gasteiger charge is -2.22. The molecule has 0 aliphatic heterocycles. The van der Waals surface area contributed by atoms with Crippen molar-refractivity contribution in [1.82, 2.24) is 9.78 Å². The van der Waals surface area contributed by atoms with Gasteiger partial charge in [0.1, 0.15) is 0 Å². The van der Waals surface area contributed by atoms with E-state index in [2.05, 4.69) is 37.7 Å². The zero-order valence-electron chi connectivity index (χ0n) is 11.8. The van der Waals surface area contributed by atoms with Gasteiger partial charge < -0.3 is 0 Å². The quantitative estimate of drug-likeness (QED) is 0.722. The van der Waals surface area contributed by atoms with Crippen LogP contribution < -0.4 is 0 Å². The molecule has 1 heterocycles. The van der Waals surface area contributed by atoms with Gasteiger partial charge in [-0.05, 0) is 44.1 Å². The van der Waals surface area contributed by atoms with Crippen LogP contribution in [0.1, 0.15) is 58.2 Å². The Bertz CT molecular complexity index is 356. The summed E-state index contributed by atoms with van der Waals surface area (Å²) in [7, 11) is 0. The lowest BCUT2D eigenvalue weighted by molar-refractivity contribution is 0.369. The second kappa shape index (κ2) is 6.10. The summed E-state index contributed by atoms with van der Waals surface area (Å²) in [5.74, 6) is 1.12. The summed E-state index contributed by atoms with van der Waals surface area (Å²) in [4.78, 5) is 0. The molecule has 0 bridgehead atoms. The number of alkyl halides is 1. The van der Waals surface area contributed by atoms with Crippen LogP contribution in [0.4, 0.5) is 0 Å². The third-order valence-electron chi connectivity index (χ3n) is 4.25. The predicted molar refractivity (Wildman–Crippen MR) is 77.1 cm³/mol. The summed E-state index contributed by atoms with van der Waals surface area (Å²) in [5.41, 5.74) is 1.20. The fraction of sp³-hybridized carbons (Fsp3) is 0.800. The zero-order valence-corrected chi connectivity index (χ0v) is 12.5. The lowest BCUT2D eigenvalue weighted by Crippen LogP contribution is -2.21. The Balaban J connectivity index is 2.00. The molecule has 0 N–H and O–H groups in total. The van der Waals surface area contributed by atoms with E-state index < -0.39 is 0 Å². The Labute approximate surface area is 116 Å². The minimum Gasteiger partial charge on any atom is -0.269 e. The molecule has 0 radical (unpaired) electrons. The maximum Gasteiger partial charge on any atom is 0.0628 e. The van der Waals surface area contributed by atoms with E-state index in [9.17, 15) is 0 Å². The van der Waals surface area contributed by atoms with Crippen molar-refractivity contribution in [2.75, 3.05) is 0 Å². The van der Waals surface area contributed by atoms with Gasteiger partial charge in [0.15, 0.2) is 0 Å². The van der Waals surface area contributed by atoms with E-state index in [1.807, 2.05) is 0 Å². The van der Waals surface area contributed by atoms with Gasteiger partial charge in [-0.1, -0.05) is 26.7 Å². The first kappa shape index (κ1) is 13.9. The fourth-order valence-corrected chi connectivity index (χ4v) is 3.41. The molecule has 3 heteroatoms. The van der Waals surface area contributed by atoms with Crippen LogP contribution in [0.15, 0.2) is 12.3 Å². The van der Waals surface area contributed by atoms with Gasteiger partial charge in [0, 0.05) is 11.6 Å². The van der Waals surface area contributed by atoms with E-state index >= 15 is 0 Å². The molecule has 0 saturated heterocycles. The summed E-state index contributed by atoms with van der Waals surface area (Å²) in [6.45, 7) is 6.59. The van der Waals surface area contributed by atoms with Crippen LogP contribution in [0, 0.1) is 11.8 Å². The second-order valence-corrected chi connectivity index (χ2v) is 6.70. The largest absolute Gasteiger partial charge is 0.269 e. The minimum atomic E-state index is 0.210. The van der Waals surface area contributed by atoms with Gasteiger partial charge in [-0.25, -0.2) is 0 Å². The van der Waals surface area contributed by atoms with E-state index in [0.717, 1.165) is 6.42 Å².